The Morgan fingerprint density at radius 1 is 0.979 bits per heavy atom. The molecule has 47 heavy (non-hydrogen) atoms. The third-order valence-electron chi connectivity index (χ3n) is 10.5. The highest BCUT2D eigenvalue weighted by Gasteiger charge is 2.45. The number of likely N-dealkylation sites (N-methyl/N-ethyl adjacent to an activating group) is 1. The van der Waals surface area contributed by atoms with Gasteiger partial charge in [0.1, 0.15) is 5.52 Å². The molecule has 0 aliphatic carbocycles. The molecule has 2 aromatic heterocycles. The van der Waals surface area contributed by atoms with E-state index in [2.05, 4.69) is 27.3 Å². The normalized spacial score (nSPS) is 17.6. The molecule has 0 unspecified atom stereocenters. The highest BCUT2D eigenvalue weighted by Crippen LogP contribution is 2.42. The van der Waals surface area contributed by atoms with E-state index in [1.165, 1.54) is 10.9 Å². The molecule has 13 nitrogen and oxygen atoms in total. The predicted molar refractivity (Wildman–Crippen MR) is 178 cm³/mol. The molecule has 2 aliphatic rings. The fourth-order valence-corrected chi connectivity index (χ4v) is 6.31. The largest absolute Gasteiger partial charge is 0.388 e. The number of carbonyl (C=O) groups is 3. The average Bonchev–Trinajstić information content (AvgIpc) is 3.38. The summed E-state index contributed by atoms with van der Waals surface area (Å²) >= 11 is 0. The van der Waals surface area contributed by atoms with Gasteiger partial charge in [0.15, 0.2) is 5.52 Å². The van der Waals surface area contributed by atoms with Crippen LogP contribution in [0.2, 0.25) is 0 Å². The fourth-order valence-electron chi connectivity index (χ4n) is 6.31. The minimum absolute atomic E-state index is 0.0777. The molecule has 2 N–H and O–H groups in total. The number of aliphatic hydroxyl groups is 1. The van der Waals surface area contributed by atoms with Crippen LogP contribution >= 0.6 is 0 Å². The molecule has 3 amide bonds. The first-order chi connectivity index (χ1) is 22.1. The summed E-state index contributed by atoms with van der Waals surface area (Å²) in [6.07, 6.45) is 3.28. The maximum atomic E-state index is 13.4. The topological polar surface area (TPSA) is 146 Å². The van der Waals surface area contributed by atoms with Crippen LogP contribution in [0.1, 0.15) is 52.5 Å². The van der Waals surface area contributed by atoms with Crippen molar-refractivity contribution >= 4 is 29.3 Å². The number of likely N-dealkylation sites (tertiary alicyclic amines) is 1. The molecule has 2 fully saturated rings. The lowest BCUT2D eigenvalue weighted by Gasteiger charge is -2.42. The Bertz CT molecular complexity index is 1680. The maximum Gasteiger partial charge on any atom is 0.281 e. The summed E-state index contributed by atoms with van der Waals surface area (Å²) in [6, 6.07) is 7.68. The molecule has 1 aromatic carbocycles. The first kappa shape index (κ1) is 34.2. The van der Waals surface area contributed by atoms with E-state index in [0.717, 1.165) is 30.6 Å². The van der Waals surface area contributed by atoms with Crippen molar-refractivity contribution in [1.82, 2.24) is 39.3 Å². The number of nitrogens with one attached hydrogen (secondary N) is 1. The van der Waals surface area contributed by atoms with E-state index in [-0.39, 0.29) is 29.4 Å². The molecule has 3 aromatic rings. The van der Waals surface area contributed by atoms with E-state index >= 15 is 0 Å². The monoisotopic (exact) mass is 648 g/mol. The first-order valence-corrected chi connectivity index (χ1v) is 16.3. The number of rotatable bonds is 10. The Balaban J connectivity index is 1.23. The second-order valence-corrected chi connectivity index (χ2v) is 14.5. The van der Waals surface area contributed by atoms with Gasteiger partial charge in [-0.2, -0.15) is 5.10 Å². The molecule has 4 heterocycles. The van der Waals surface area contributed by atoms with Crippen molar-refractivity contribution in [2.45, 2.75) is 65.6 Å². The van der Waals surface area contributed by atoms with Gasteiger partial charge in [-0.25, -0.2) is 4.98 Å². The average molecular weight is 649 g/mol. The zero-order chi connectivity index (χ0) is 34.1. The third kappa shape index (κ3) is 7.10. The van der Waals surface area contributed by atoms with Gasteiger partial charge < -0.3 is 25.1 Å². The first-order valence-electron chi connectivity index (χ1n) is 16.3. The number of amides is 3. The van der Waals surface area contributed by atoms with Gasteiger partial charge in [0.2, 0.25) is 18.2 Å². The molecule has 0 bridgehead atoms. The Hall–Kier alpha value is -4.10. The van der Waals surface area contributed by atoms with E-state index in [1.807, 2.05) is 56.9 Å². The van der Waals surface area contributed by atoms with Gasteiger partial charge in [-0.15, -0.1) is 0 Å². The van der Waals surface area contributed by atoms with Crippen molar-refractivity contribution < 1.29 is 19.5 Å². The number of piperidine rings is 1. The minimum atomic E-state index is -1.10. The smallest absolute Gasteiger partial charge is 0.281 e. The summed E-state index contributed by atoms with van der Waals surface area (Å²) in [6.45, 7) is 12.2. The molecule has 0 radical (unpaired) electrons. The van der Waals surface area contributed by atoms with E-state index in [4.69, 9.17) is 0 Å². The number of carbonyl (C=O) groups excluding carboxylic acids is 3. The van der Waals surface area contributed by atoms with Crippen LogP contribution < -0.4 is 10.9 Å². The maximum absolute atomic E-state index is 13.4. The zero-order valence-corrected chi connectivity index (χ0v) is 28.5. The number of hydrogen-bond donors (Lipinski definition) is 2. The lowest BCUT2D eigenvalue weighted by atomic mass is 9.65. The number of aromatic nitrogens is 4. The molecule has 2 aliphatic heterocycles. The summed E-state index contributed by atoms with van der Waals surface area (Å²) < 4.78 is 3.03. The SMILES string of the molecule is CN1CCN(C(=O)CC(C)(C)C(C)(C)C(=O)NCc2ccc(-c3c4ncn(CC5(O)CCN(C=O)CC5)c(=O)c4nn3C)cc2)CC1. The van der Waals surface area contributed by atoms with Crippen LogP contribution in [0.3, 0.4) is 0 Å². The highest BCUT2D eigenvalue weighted by molar-refractivity contribution is 5.89. The second kappa shape index (κ2) is 13.2. The molecule has 0 saturated carbocycles. The fraction of sp³-hybridized carbons (Fsp3) is 0.588. The Kier molecular flexibility index (Phi) is 9.61. The van der Waals surface area contributed by atoms with Crippen molar-refractivity contribution in [3.05, 3.63) is 46.5 Å². The van der Waals surface area contributed by atoms with E-state index in [1.54, 1.807) is 16.6 Å². The predicted octanol–water partition coefficient (Wildman–Crippen LogP) is 1.61. The van der Waals surface area contributed by atoms with Crippen LogP contribution in [-0.2, 0) is 34.5 Å². The summed E-state index contributed by atoms with van der Waals surface area (Å²) in [5, 5.41) is 18.6. The summed E-state index contributed by atoms with van der Waals surface area (Å²) in [5.74, 6) is -0.0286. The zero-order valence-electron chi connectivity index (χ0n) is 28.5. The van der Waals surface area contributed by atoms with Gasteiger partial charge >= 0.3 is 0 Å². The number of fused-ring (bicyclic) bond motifs is 1. The molecule has 0 atom stereocenters. The van der Waals surface area contributed by atoms with E-state index in [9.17, 15) is 24.3 Å². The van der Waals surface area contributed by atoms with Gasteiger partial charge in [0.05, 0.1) is 24.2 Å². The lowest BCUT2D eigenvalue weighted by molar-refractivity contribution is -0.142. The third-order valence-corrected chi connectivity index (χ3v) is 10.5. The van der Waals surface area contributed by atoms with E-state index < -0.39 is 16.4 Å². The number of nitrogens with zero attached hydrogens (tertiary/aromatic N) is 7. The number of aryl methyl sites for hydroxylation is 1. The van der Waals surface area contributed by atoms with Gasteiger partial charge in [0.25, 0.3) is 5.56 Å². The minimum Gasteiger partial charge on any atom is -0.388 e. The summed E-state index contributed by atoms with van der Waals surface area (Å²) in [7, 11) is 3.82. The summed E-state index contributed by atoms with van der Waals surface area (Å²) in [5.41, 5.74) is 0.304. The van der Waals surface area contributed by atoms with Crippen LogP contribution in [0, 0.1) is 10.8 Å². The molecule has 0 spiro atoms. The molecular weight excluding hydrogens is 600 g/mol. The van der Waals surface area contributed by atoms with E-state index in [0.29, 0.717) is 63.2 Å². The quantitative estimate of drug-likeness (QED) is 0.316. The Morgan fingerprint density at radius 3 is 2.23 bits per heavy atom. The molecule has 2 saturated heterocycles. The Morgan fingerprint density at radius 2 is 1.62 bits per heavy atom. The van der Waals surface area contributed by atoms with Crippen LogP contribution in [0.25, 0.3) is 22.3 Å². The van der Waals surface area contributed by atoms with Gasteiger partial charge in [-0.05, 0) is 30.9 Å². The van der Waals surface area contributed by atoms with Gasteiger partial charge in [0, 0.05) is 70.3 Å². The van der Waals surface area contributed by atoms with Crippen molar-refractivity contribution in [3.8, 4) is 11.3 Å². The molecule has 13 heteroatoms. The molecule has 254 valence electrons. The van der Waals surface area contributed by atoms with Crippen LogP contribution in [0.15, 0.2) is 35.4 Å². The summed E-state index contributed by atoms with van der Waals surface area (Å²) in [4.78, 5) is 61.2. The van der Waals surface area contributed by atoms with Crippen molar-refractivity contribution in [2.24, 2.45) is 17.9 Å². The molecule has 5 rings (SSSR count). The lowest BCUT2D eigenvalue weighted by Crippen LogP contribution is -2.51. The number of hydrogen-bond acceptors (Lipinski definition) is 8. The Labute approximate surface area is 275 Å². The van der Waals surface area contributed by atoms with Crippen molar-refractivity contribution in [3.63, 3.8) is 0 Å². The highest BCUT2D eigenvalue weighted by atomic mass is 16.3. The van der Waals surface area contributed by atoms with Gasteiger partial charge in [-0.1, -0.05) is 52.0 Å². The van der Waals surface area contributed by atoms with Crippen molar-refractivity contribution in [1.29, 1.82) is 0 Å². The van der Waals surface area contributed by atoms with Crippen molar-refractivity contribution in [2.75, 3.05) is 46.3 Å². The van der Waals surface area contributed by atoms with Gasteiger partial charge in [-0.3, -0.25) is 28.4 Å². The molecular formula is C34H48N8O5. The van der Waals surface area contributed by atoms with Crippen LogP contribution in [-0.4, -0.2) is 109 Å². The number of benzene rings is 1. The second-order valence-electron chi connectivity index (χ2n) is 14.5. The number of piperazine rings is 1. The standard InChI is InChI=1S/C34H48N8O5/c1-32(2,19-26(44)41-17-15-38(5)16-18-41)33(3,4)31(46)35-20-24-7-9-25(10-8-24)29-27-28(37-39(29)6)30(45)42(22-36-27)21-34(47)11-13-40(23-43)14-12-34/h7-10,22-23,47H,11-21H2,1-6H3,(H,35,46). The van der Waals surface area contributed by atoms with Crippen LogP contribution in [0.4, 0.5) is 0 Å². The van der Waals surface area contributed by atoms with Crippen LogP contribution in [0.5, 0.6) is 0 Å².